The molecule has 1 amide bonds. The summed E-state index contributed by atoms with van der Waals surface area (Å²) < 4.78 is 15.8. The molecule has 5 nitrogen and oxygen atoms in total. The molecule has 0 aliphatic rings. The summed E-state index contributed by atoms with van der Waals surface area (Å²) in [4.78, 5) is 11.8. The van der Waals surface area contributed by atoms with Gasteiger partial charge in [-0.05, 0) is 37.6 Å². The predicted octanol–water partition coefficient (Wildman–Crippen LogP) is 2.25. The van der Waals surface area contributed by atoms with Crippen LogP contribution in [0, 0.1) is 12.3 Å². The van der Waals surface area contributed by atoms with E-state index in [9.17, 15) is 4.79 Å². The van der Waals surface area contributed by atoms with Crippen molar-refractivity contribution in [3.8, 4) is 29.6 Å². The maximum absolute atomic E-state index is 11.8. The highest BCUT2D eigenvalue weighted by molar-refractivity contribution is 5.92. The summed E-state index contributed by atoms with van der Waals surface area (Å²) in [6.07, 6.45) is 8.38. The molecule has 0 spiro atoms. The van der Waals surface area contributed by atoms with Crippen molar-refractivity contribution in [3.05, 3.63) is 23.8 Å². The Labute approximate surface area is 131 Å². The van der Waals surface area contributed by atoms with Gasteiger partial charge in [-0.2, -0.15) is 0 Å². The van der Waals surface area contributed by atoms with Crippen molar-refractivity contribution < 1.29 is 19.0 Å². The lowest BCUT2D eigenvalue weighted by Gasteiger charge is -2.18. The minimum Gasteiger partial charge on any atom is -0.493 e. The van der Waals surface area contributed by atoms with Crippen LogP contribution in [0.4, 0.5) is 0 Å². The van der Waals surface area contributed by atoms with Gasteiger partial charge in [0.05, 0.1) is 26.9 Å². The van der Waals surface area contributed by atoms with Crippen molar-refractivity contribution in [2.75, 3.05) is 21.3 Å². The molecule has 0 saturated heterocycles. The van der Waals surface area contributed by atoms with Crippen LogP contribution in [-0.2, 0) is 4.79 Å². The van der Waals surface area contributed by atoms with E-state index in [0.29, 0.717) is 17.2 Å². The Balaban J connectivity index is 3.01. The van der Waals surface area contributed by atoms with Gasteiger partial charge in [0, 0.05) is 6.08 Å². The zero-order valence-electron chi connectivity index (χ0n) is 13.5. The molecule has 0 aliphatic carbocycles. The van der Waals surface area contributed by atoms with E-state index in [-0.39, 0.29) is 5.91 Å². The minimum absolute atomic E-state index is 0.281. The van der Waals surface area contributed by atoms with Gasteiger partial charge in [0.15, 0.2) is 11.5 Å². The number of methoxy groups -OCH3 is 3. The molecule has 0 radical (unpaired) electrons. The second-order valence-corrected chi connectivity index (χ2v) is 5.05. The van der Waals surface area contributed by atoms with Gasteiger partial charge in [0.25, 0.3) is 0 Å². The van der Waals surface area contributed by atoms with Gasteiger partial charge < -0.3 is 19.5 Å². The largest absolute Gasteiger partial charge is 0.493 e. The van der Waals surface area contributed by atoms with E-state index in [1.54, 1.807) is 32.1 Å². The number of ether oxygens (including phenoxy) is 3. The molecular formula is C17H21NO4. The highest BCUT2D eigenvalue weighted by atomic mass is 16.5. The number of amides is 1. The Morgan fingerprint density at radius 3 is 2.14 bits per heavy atom. The van der Waals surface area contributed by atoms with Gasteiger partial charge in [-0.25, -0.2) is 0 Å². The topological polar surface area (TPSA) is 56.8 Å². The van der Waals surface area contributed by atoms with Gasteiger partial charge in [-0.3, -0.25) is 4.79 Å². The third-order valence-corrected chi connectivity index (χ3v) is 2.91. The average molecular weight is 303 g/mol. The number of terminal acetylenes is 1. The molecule has 0 aromatic heterocycles. The maximum atomic E-state index is 11.8. The first-order chi connectivity index (χ1) is 10.4. The molecule has 0 fully saturated rings. The van der Waals surface area contributed by atoms with Crippen LogP contribution in [0.5, 0.6) is 17.2 Å². The Bertz CT molecular complexity index is 587. The van der Waals surface area contributed by atoms with Gasteiger partial charge >= 0.3 is 0 Å². The van der Waals surface area contributed by atoms with Crippen LogP contribution in [0.15, 0.2) is 18.2 Å². The van der Waals surface area contributed by atoms with Gasteiger partial charge in [-0.1, -0.05) is 5.92 Å². The van der Waals surface area contributed by atoms with Crippen molar-refractivity contribution in [1.29, 1.82) is 0 Å². The highest BCUT2D eigenvalue weighted by Gasteiger charge is 2.15. The molecule has 22 heavy (non-hydrogen) atoms. The Morgan fingerprint density at radius 2 is 1.73 bits per heavy atom. The van der Waals surface area contributed by atoms with Crippen LogP contribution in [0.1, 0.15) is 19.4 Å². The molecule has 1 rings (SSSR count). The van der Waals surface area contributed by atoms with E-state index in [2.05, 4.69) is 11.2 Å². The second-order valence-electron chi connectivity index (χ2n) is 5.05. The van der Waals surface area contributed by atoms with Gasteiger partial charge in [0.1, 0.15) is 0 Å². The van der Waals surface area contributed by atoms with Crippen LogP contribution < -0.4 is 19.5 Å². The first kappa shape index (κ1) is 17.4. The van der Waals surface area contributed by atoms with E-state index in [1.807, 2.05) is 0 Å². The summed E-state index contributed by atoms with van der Waals surface area (Å²) in [6.45, 7) is 3.50. The first-order valence-electron chi connectivity index (χ1n) is 6.65. The van der Waals surface area contributed by atoms with Crippen LogP contribution in [0.3, 0.4) is 0 Å². The normalized spacial score (nSPS) is 10.9. The zero-order chi connectivity index (χ0) is 16.8. The third-order valence-electron chi connectivity index (χ3n) is 2.91. The van der Waals surface area contributed by atoms with E-state index in [1.165, 1.54) is 27.4 Å². The minimum atomic E-state index is -0.698. The summed E-state index contributed by atoms with van der Waals surface area (Å²) in [6, 6.07) is 3.49. The molecular weight excluding hydrogens is 282 g/mol. The number of carbonyl (C=O) groups is 1. The number of hydrogen-bond donors (Lipinski definition) is 1. The van der Waals surface area contributed by atoms with E-state index in [0.717, 1.165) is 5.56 Å². The average Bonchev–Trinajstić information content (AvgIpc) is 2.51. The van der Waals surface area contributed by atoms with Gasteiger partial charge in [0.2, 0.25) is 11.7 Å². The van der Waals surface area contributed by atoms with Crippen molar-refractivity contribution in [1.82, 2.24) is 5.32 Å². The van der Waals surface area contributed by atoms with Crippen LogP contribution in [0.25, 0.3) is 6.08 Å². The summed E-state index contributed by atoms with van der Waals surface area (Å²) in [5.74, 6) is 3.76. The fraction of sp³-hybridized carbons (Fsp3) is 0.353. The quantitative estimate of drug-likeness (QED) is 0.647. The third kappa shape index (κ3) is 4.45. The lowest BCUT2D eigenvalue weighted by Crippen LogP contribution is -2.41. The standard InChI is InChI=1S/C17H21NO4/c1-7-17(2,3)18-15(19)9-8-12-10-13(20-4)16(22-6)14(11-12)21-5/h1,8-11H,2-6H3,(H,18,19). The van der Waals surface area contributed by atoms with Gasteiger partial charge in [-0.15, -0.1) is 6.42 Å². The van der Waals surface area contributed by atoms with Crippen LogP contribution in [-0.4, -0.2) is 32.8 Å². The molecule has 5 heteroatoms. The molecule has 118 valence electrons. The lowest BCUT2D eigenvalue weighted by molar-refractivity contribution is -0.117. The summed E-state index contributed by atoms with van der Waals surface area (Å²) in [5, 5.41) is 2.71. The number of nitrogens with one attached hydrogen (secondary N) is 1. The Hall–Kier alpha value is -2.61. The van der Waals surface area contributed by atoms with Crippen molar-refractivity contribution in [2.45, 2.75) is 19.4 Å². The number of rotatable bonds is 6. The predicted molar refractivity (Wildman–Crippen MR) is 86.2 cm³/mol. The zero-order valence-corrected chi connectivity index (χ0v) is 13.5. The van der Waals surface area contributed by atoms with E-state index < -0.39 is 5.54 Å². The van der Waals surface area contributed by atoms with Crippen molar-refractivity contribution in [3.63, 3.8) is 0 Å². The SMILES string of the molecule is C#CC(C)(C)NC(=O)C=Cc1cc(OC)c(OC)c(OC)c1. The van der Waals surface area contributed by atoms with E-state index in [4.69, 9.17) is 20.6 Å². The molecule has 0 unspecified atom stereocenters. The summed E-state index contributed by atoms with van der Waals surface area (Å²) in [7, 11) is 4.60. The van der Waals surface area contributed by atoms with Crippen molar-refractivity contribution >= 4 is 12.0 Å². The van der Waals surface area contributed by atoms with Crippen LogP contribution >= 0.6 is 0 Å². The first-order valence-corrected chi connectivity index (χ1v) is 6.65. The van der Waals surface area contributed by atoms with E-state index >= 15 is 0 Å². The highest BCUT2D eigenvalue weighted by Crippen LogP contribution is 2.38. The monoisotopic (exact) mass is 303 g/mol. The summed E-state index contributed by atoms with van der Waals surface area (Å²) >= 11 is 0. The van der Waals surface area contributed by atoms with Crippen molar-refractivity contribution in [2.24, 2.45) is 0 Å². The fourth-order valence-electron chi connectivity index (χ4n) is 1.76. The molecule has 0 aliphatic heterocycles. The fourth-order valence-corrected chi connectivity index (χ4v) is 1.76. The molecule has 1 N–H and O–H groups in total. The molecule has 0 heterocycles. The van der Waals surface area contributed by atoms with Crippen LogP contribution in [0.2, 0.25) is 0 Å². The maximum Gasteiger partial charge on any atom is 0.245 e. The molecule has 0 saturated carbocycles. The number of hydrogen-bond acceptors (Lipinski definition) is 4. The number of benzene rings is 1. The molecule has 0 bridgehead atoms. The molecule has 1 aromatic carbocycles. The smallest absolute Gasteiger partial charge is 0.245 e. The summed E-state index contributed by atoms with van der Waals surface area (Å²) in [5.41, 5.74) is 0.0413. The lowest BCUT2D eigenvalue weighted by atomic mass is 10.1. The Morgan fingerprint density at radius 1 is 1.18 bits per heavy atom. The second kappa shape index (κ2) is 7.41. The molecule has 1 aromatic rings. The number of carbonyl (C=O) groups excluding carboxylic acids is 1. The molecule has 0 atom stereocenters. The Kier molecular flexibility index (Phi) is 5.88.